The monoisotopic (exact) mass is 377 g/mol. The van der Waals surface area contributed by atoms with E-state index in [1.807, 2.05) is 55.5 Å². The molecular formula is C23H23NO4. The van der Waals surface area contributed by atoms with Crippen LogP contribution in [0, 0.1) is 0 Å². The molecule has 0 atom stereocenters. The Kier molecular flexibility index (Phi) is 5.96. The van der Waals surface area contributed by atoms with E-state index in [2.05, 4.69) is 17.5 Å². The zero-order valence-corrected chi connectivity index (χ0v) is 15.8. The number of allylic oxidation sites excluding steroid dienone is 2. The maximum atomic E-state index is 11.6. The number of hydrogen-bond donors (Lipinski definition) is 2. The van der Waals surface area contributed by atoms with E-state index in [0.717, 1.165) is 33.4 Å². The average Bonchev–Trinajstić information content (AvgIpc) is 2.93. The van der Waals surface area contributed by atoms with Crippen LogP contribution < -0.4 is 10.5 Å². The summed E-state index contributed by atoms with van der Waals surface area (Å²) in [6.45, 7) is 5.88. The van der Waals surface area contributed by atoms with Gasteiger partial charge in [0.25, 0.3) is 0 Å². The predicted molar refractivity (Wildman–Crippen MR) is 110 cm³/mol. The molecule has 0 radical (unpaired) electrons. The van der Waals surface area contributed by atoms with E-state index in [4.69, 9.17) is 15.7 Å². The highest BCUT2D eigenvalue weighted by atomic mass is 17.1. The number of primary amides is 1. The molecule has 5 nitrogen and oxygen atoms in total. The first-order chi connectivity index (χ1) is 13.5. The van der Waals surface area contributed by atoms with Crippen molar-refractivity contribution in [2.45, 2.75) is 19.8 Å². The van der Waals surface area contributed by atoms with Crippen molar-refractivity contribution < 1.29 is 19.7 Å². The third kappa shape index (κ3) is 4.32. The Bertz CT molecular complexity index is 958. The minimum atomic E-state index is -0.371. The van der Waals surface area contributed by atoms with Gasteiger partial charge in [0.15, 0.2) is 0 Å². The smallest absolute Gasteiger partial charge is 0.221 e. The summed E-state index contributed by atoms with van der Waals surface area (Å²) in [5.41, 5.74) is 11.6. The lowest BCUT2D eigenvalue weighted by Gasteiger charge is -2.10. The standard InChI is InChI=1S/C23H23NO4/c1-15(28-26)10-11-27-18-8-9-19-20(12-17-6-4-3-5-7-17)16(2)21(14-23(24)25)22(19)13-18/h3-9,12-13,26H,1,10-11,14H2,2H3,(H2,24,25)/b20-12-. The minimum Gasteiger partial charge on any atom is -0.493 e. The molecule has 0 fully saturated rings. The van der Waals surface area contributed by atoms with Crippen LogP contribution in [0.3, 0.4) is 0 Å². The van der Waals surface area contributed by atoms with Gasteiger partial charge in [0.2, 0.25) is 5.91 Å². The van der Waals surface area contributed by atoms with Crippen LogP contribution in [0.4, 0.5) is 0 Å². The lowest BCUT2D eigenvalue weighted by molar-refractivity contribution is -0.205. The molecule has 0 unspecified atom stereocenters. The quantitative estimate of drug-likeness (QED) is 0.398. The first-order valence-electron chi connectivity index (χ1n) is 9.01. The van der Waals surface area contributed by atoms with E-state index >= 15 is 0 Å². The summed E-state index contributed by atoms with van der Waals surface area (Å²) in [5.74, 6) is 0.531. The van der Waals surface area contributed by atoms with Crippen LogP contribution in [0.2, 0.25) is 0 Å². The topological polar surface area (TPSA) is 81.8 Å². The van der Waals surface area contributed by atoms with Crippen LogP contribution in [0.25, 0.3) is 17.2 Å². The second-order valence-electron chi connectivity index (χ2n) is 6.65. The van der Waals surface area contributed by atoms with Gasteiger partial charge in [-0.3, -0.25) is 4.79 Å². The number of carbonyl (C=O) groups is 1. The Morgan fingerprint density at radius 2 is 1.93 bits per heavy atom. The number of carbonyl (C=O) groups excluding carboxylic acids is 1. The van der Waals surface area contributed by atoms with Crippen LogP contribution >= 0.6 is 0 Å². The Morgan fingerprint density at radius 3 is 2.61 bits per heavy atom. The van der Waals surface area contributed by atoms with E-state index in [-0.39, 0.29) is 18.1 Å². The Labute approximate surface area is 164 Å². The van der Waals surface area contributed by atoms with Crippen molar-refractivity contribution in [1.29, 1.82) is 0 Å². The molecule has 0 aliphatic heterocycles. The van der Waals surface area contributed by atoms with Gasteiger partial charge in [-0.25, -0.2) is 5.26 Å². The summed E-state index contributed by atoms with van der Waals surface area (Å²) in [4.78, 5) is 15.7. The molecule has 2 aromatic rings. The predicted octanol–water partition coefficient (Wildman–Crippen LogP) is 4.66. The van der Waals surface area contributed by atoms with Crippen LogP contribution in [-0.2, 0) is 9.68 Å². The summed E-state index contributed by atoms with van der Waals surface area (Å²) < 4.78 is 5.74. The fourth-order valence-corrected chi connectivity index (χ4v) is 3.30. The van der Waals surface area contributed by atoms with E-state index in [0.29, 0.717) is 18.8 Å². The van der Waals surface area contributed by atoms with Crippen LogP contribution in [0.15, 0.2) is 66.4 Å². The third-order valence-corrected chi connectivity index (χ3v) is 4.70. The first-order valence-corrected chi connectivity index (χ1v) is 9.01. The molecule has 0 bridgehead atoms. The maximum Gasteiger partial charge on any atom is 0.221 e. The van der Waals surface area contributed by atoms with Crippen LogP contribution in [0.1, 0.15) is 36.5 Å². The van der Waals surface area contributed by atoms with Crippen molar-refractivity contribution >= 4 is 23.1 Å². The van der Waals surface area contributed by atoms with Crippen molar-refractivity contribution in [3.05, 3.63) is 83.1 Å². The van der Waals surface area contributed by atoms with Crippen molar-refractivity contribution in [2.75, 3.05) is 6.61 Å². The molecule has 0 saturated heterocycles. The zero-order valence-electron chi connectivity index (χ0n) is 15.8. The molecule has 1 aliphatic rings. The van der Waals surface area contributed by atoms with Gasteiger partial charge in [0.1, 0.15) is 11.5 Å². The van der Waals surface area contributed by atoms with Gasteiger partial charge in [0, 0.05) is 6.42 Å². The van der Waals surface area contributed by atoms with Gasteiger partial charge in [-0.2, -0.15) is 0 Å². The van der Waals surface area contributed by atoms with Gasteiger partial charge < -0.3 is 15.4 Å². The highest BCUT2D eigenvalue weighted by Gasteiger charge is 2.25. The normalized spacial score (nSPS) is 14.1. The third-order valence-electron chi connectivity index (χ3n) is 4.70. The molecule has 3 rings (SSSR count). The van der Waals surface area contributed by atoms with E-state index in [1.54, 1.807) is 0 Å². The molecule has 0 aromatic heterocycles. The molecule has 2 aromatic carbocycles. The number of ether oxygens (including phenoxy) is 1. The number of nitrogens with two attached hydrogens (primary N) is 1. The van der Waals surface area contributed by atoms with E-state index in [9.17, 15) is 4.79 Å². The van der Waals surface area contributed by atoms with E-state index in [1.165, 1.54) is 0 Å². The minimum absolute atomic E-state index is 0.170. The van der Waals surface area contributed by atoms with Crippen molar-refractivity contribution in [1.82, 2.24) is 0 Å². The number of hydrogen-bond acceptors (Lipinski definition) is 4. The fraction of sp³-hybridized carbons (Fsp3) is 0.174. The van der Waals surface area contributed by atoms with E-state index < -0.39 is 0 Å². The molecule has 1 amide bonds. The van der Waals surface area contributed by atoms with Gasteiger partial charge in [-0.15, -0.1) is 0 Å². The molecule has 28 heavy (non-hydrogen) atoms. The highest BCUT2D eigenvalue weighted by Crippen LogP contribution is 2.44. The zero-order chi connectivity index (χ0) is 20.1. The molecule has 0 heterocycles. The molecular weight excluding hydrogens is 354 g/mol. The molecule has 5 heteroatoms. The SMILES string of the molecule is C=C(CCOc1ccc2c(c1)C(CC(N)=O)=C(C)/C2=C/c1ccccc1)OO. The van der Waals surface area contributed by atoms with Gasteiger partial charge in [-0.1, -0.05) is 43.0 Å². The van der Waals surface area contributed by atoms with Crippen molar-refractivity contribution in [3.8, 4) is 5.75 Å². The Hall–Kier alpha value is -3.31. The maximum absolute atomic E-state index is 11.6. The van der Waals surface area contributed by atoms with Crippen molar-refractivity contribution in [3.63, 3.8) is 0 Å². The second-order valence-corrected chi connectivity index (χ2v) is 6.65. The average molecular weight is 377 g/mol. The number of fused-ring (bicyclic) bond motifs is 1. The lowest BCUT2D eigenvalue weighted by atomic mass is 10.0. The molecule has 0 spiro atoms. The van der Waals surface area contributed by atoms with Crippen LogP contribution in [0.5, 0.6) is 5.75 Å². The van der Waals surface area contributed by atoms with Crippen LogP contribution in [-0.4, -0.2) is 17.8 Å². The Balaban J connectivity index is 1.95. The largest absolute Gasteiger partial charge is 0.493 e. The summed E-state index contributed by atoms with van der Waals surface area (Å²) in [5, 5.41) is 8.55. The van der Waals surface area contributed by atoms with Gasteiger partial charge in [0.05, 0.1) is 13.0 Å². The van der Waals surface area contributed by atoms with Gasteiger partial charge >= 0.3 is 0 Å². The van der Waals surface area contributed by atoms with Gasteiger partial charge in [-0.05, 0) is 58.5 Å². The number of benzene rings is 2. The molecule has 1 aliphatic carbocycles. The summed E-state index contributed by atoms with van der Waals surface area (Å²) in [6.07, 6.45) is 2.66. The number of amides is 1. The molecule has 0 saturated carbocycles. The Morgan fingerprint density at radius 1 is 1.18 bits per heavy atom. The summed E-state index contributed by atoms with van der Waals surface area (Å²) in [6, 6.07) is 15.9. The molecule has 3 N–H and O–H groups in total. The number of rotatable bonds is 8. The van der Waals surface area contributed by atoms with Crippen molar-refractivity contribution in [2.24, 2.45) is 5.73 Å². The molecule has 144 valence electrons. The summed E-state index contributed by atoms with van der Waals surface area (Å²) >= 11 is 0. The fourth-order valence-electron chi connectivity index (χ4n) is 3.30. The first kappa shape index (κ1) is 19.5. The highest BCUT2D eigenvalue weighted by molar-refractivity contribution is 6.08. The summed E-state index contributed by atoms with van der Waals surface area (Å²) in [7, 11) is 0. The second kappa shape index (κ2) is 8.59. The lowest BCUT2D eigenvalue weighted by Crippen LogP contribution is -2.10.